The molecule has 0 heterocycles. The lowest BCUT2D eigenvalue weighted by molar-refractivity contribution is 0.253. The van der Waals surface area contributed by atoms with E-state index in [1.165, 1.54) is 18.9 Å². The molecule has 19 heavy (non-hydrogen) atoms. The van der Waals surface area contributed by atoms with Gasteiger partial charge in [0.1, 0.15) is 10.8 Å². The Bertz CT molecular complexity index is 475. The van der Waals surface area contributed by atoms with Gasteiger partial charge in [-0.15, -0.1) is 0 Å². The summed E-state index contributed by atoms with van der Waals surface area (Å²) < 4.78 is 14.0. The second-order valence-corrected chi connectivity index (χ2v) is 6.02. The smallest absolute Gasteiger partial charge is 0.146 e. The molecule has 1 aromatic rings. The minimum Gasteiger partial charge on any atom is -0.389 e. The molecule has 3 atom stereocenters. The maximum Gasteiger partial charge on any atom is 0.146 e. The van der Waals surface area contributed by atoms with Crippen LogP contribution in [0.3, 0.4) is 0 Å². The van der Waals surface area contributed by atoms with Crippen LogP contribution in [0.1, 0.15) is 38.7 Å². The first-order valence-corrected chi connectivity index (χ1v) is 7.25. The van der Waals surface area contributed by atoms with Crippen LogP contribution in [0.5, 0.6) is 0 Å². The number of halogens is 1. The Kier molecular flexibility index (Phi) is 4.40. The predicted octanol–water partition coefficient (Wildman–Crippen LogP) is 3.70. The average molecular weight is 280 g/mol. The van der Waals surface area contributed by atoms with Crippen molar-refractivity contribution in [2.75, 3.05) is 5.32 Å². The van der Waals surface area contributed by atoms with Gasteiger partial charge in [0.2, 0.25) is 0 Å². The number of hydrogen-bond donors (Lipinski definition) is 2. The number of anilines is 1. The topological polar surface area (TPSA) is 38.0 Å². The van der Waals surface area contributed by atoms with E-state index in [1.807, 2.05) is 0 Å². The summed E-state index contributed by atoms with van der Waals surface area (Å²) in [5.41, 5.74) is 6.62. The number of nitrogens with two attached hydrogens (primary N) is 1. The van der Waals surface area contributed by atoms with Crippen LogP contribution in [0, 0.1) is 17.7 Å². The Morgan fingerprint density at radius 3 is 2.74 bits per heavy atom. The van der Waals surface area contributed by atoms with E-state index in [1.54, 1.807) is 12.1 Å². The molecule has 0 spiro atoms. The Balaban J connectivity index is 2.12. The third kappa shape index (κ3) is 3.24. The summed E-state index contributed by atoms with van der Waals surface area (Å²) in [7, 11) is 0. The second-order valence-electron chi connectivity index (χ2n) is 5.58. The molecule has 0 radical (unpaired) electrons. The number of rotatable bonds is 3. The first kappa shape index (κ1) is 14.3. The maximum atomic E-state index is 14.0. The minimum atomic E-state index is -0.282. The van der Waals surface area contributed by atoms with E-state index in [0.717, 1.165) is 6.42 Å². The Morgan fingerprint density at radius 1 is 1.37 bits per heavy atom. The molecule has 0 aromatic heterocycles. The average Bonchev–Trinajstić information content (AvgIpc) is 2.37. The standard InChI is InChI=1S/C15H21FN2S/c1-9-4-3-5-13(10(9)2)18-14-7-6-11(15(17)19)8-12(14)16/h6-10,13,18H,3-5H2,1-2H3,(H2,17,19). The van der Waals surface area contributed by atoms with Crippen LogP contribution in [0.15, 0.2) is 18.2 Å². The van der Waals surface area contributed by atoms with Gasteiger partial charge in [-0.2, -0.15) is 0 Å². The van der Waals surface area contributed by atoms with Crippen molar-refractivity contribution in [3.8, 4) is 0 Å². The van der Waals surface area contributed by atoms with Gasteiger partial charge in [0.05, 0.1) is 5.69 Å². The lowest BCUT2D eigenvalue weighted by atomic mass is 9.78. The number of benzene rings is 1. The van der Waals surface area contributed by atoms with Crippen LogP contribution in [0.25, 0.3) is 0 Å². The fourth-order valence-electron chi connectivity index (χ4n) is 2.77. The van der Waals surface area contributed by atoms with Gasteiger partial charge in [-0.1, -0.05) is 38.9 Å². The summed E-state index contributed by atoms with van der Waals surface area (Å²) in [6, 6.07) is 5.25. The molecule has 1 aromatic carbocycles. The SMILES string of the molecule is CC1CCCC(Nc2ccc(C(N)=S)cc2F)C1C. The highest BCUT2D eigenvalue weighted by Gasteiger charge is 2.27. The van der Waals surface area contributed by atoms with E-state index in [2.05, 4.69) is 19.2 Å². The van der Waals surface area contributed by atoms with Crippen LogP contribution < -0.4 is 11.1 Å². The van der Waals surface area contributed by atoms with E-state index in [0.29, 0.717) is 29.1 Å². The molecule has 0 bridgehead atoms. The lowest BCUT2D eigenvalue weighted by Gasteiger charge is -2.35. The Labute approximate surface area is 119 Å². The number of hydrogen-bond acceptors (Lipinski definition) is 2. The molecule has 1 saturated carbocycles. The van der Waals surface area contributed by atoms with Gasteiger partial charge in [-0.05, 0) is 36.5 Å². The van der Waals surface area contributed by atoms with E-state index < -0.39 is 0 Å². The van der Waals surface area contributed by atoms with Crippen LogP contribution in [0.2, 0.25) is 0 Å². The zero-order chi connectivity index (χ0) is 14.0. The first-order chi connectivity index (χ1) is 8.99. The van der Waals surface area contributed by atoms with Crippen molar-refractivity contribution in [1.29, 1.82) is 0 Å². The third-order valence-electron chi connectivity index (χ3n) is 4.30. The summed E-state index contributed by atoms with van der Waals surface area (Å²) in [4.78, 5) is 0.227. The molecule has 2 nitrogen and oxygen atoms in total. The largest absolute Gasteiger partial charge is 0.389 e. The van der Waals surface area contributed by atoms with Gasteiger partial charge in [-0.3, -0.25) is 0 Å². The van der Waals surface area contributed by atoms with E-state index >= 15 is 0 Å². The second kappa shape index (κ2) is 5.87. The highest BCUT2D eigenvalue weighted by Crippen LogP contribution is 2.32. The van der Waals surface area contributed by atoms with E-state index in [9.17, 15) is 4.39 Å². The zero-order valence-corrected chi connectivity index (χ0v) is 12.3. The van der Waals surface area contributed by atoms with E-state index in [-0.39, 0.29) is 10.8 Å². The molecule has 3 unspecified atom stereocenters. The van der Waals surface area contributed by atoms with Gasteiger partial charge in [0, 0.05) is 11.6 Å². The normalized spacial score (nSPS) is 27.0. The van der Waals surface area contributed by atoms with Crippen molar-refractivity contribution < 1.29 is 4.39 Å². The Hall–Kier alpha value is -1.16. The lowest BCUT2D eigenvalue weighted by Crippen LogP contribution is -2.35. The van der Waals surface area contributed by atoms with Gasteiger partial charge >= 0.3 is 0 Å². The molecule has 1 fully saturated rings. The van der Waals surface area contributed by atoms with Crippen molar-refractivity contribution >= 4 is 22.9 Å². The van der Waals surface area contributed by atoms with Gasteiger partial charge in [-0.25, -0.2) is 4.39 Å². The summed E-state index contributed by atoms with van der Waals surface area (Å²) in [5.74, 6) is 0.962. The maximum absolute atomic E-state index is 14.0. The van der Waals surface area contributed by atoms with Crippen LogP contribution in [-0.2, 0) is 0 Å². The highest BCUT2D eigenvalue weighted by molar-refractivity contribution is 7.80. The molecular weight excluding hydrogens is 259 g/mol. The predicted molar refractivity (Wildman–Crippen MR) is 81.9 cm³/mol. The minimum absolute atomic E-state index is 0.227. The molecule has 104 valence electrons. The summed E-state index contributed by atoms with van der Waals surface area (Å²) in [6.45, 7) is 4.51. The van der Waals surface area contributed by atoms with E-state index in [4.69, 9.17) is 18.0 Å². The van der Waals surface area contributed by atoms with Crippen molar-refractivity contribution in [3.05, 3.63) is 29.6 Å². The molecule has 0 aliphatic heterocycles. The molecule has 4 heteroatoms. The molecule has 0 saturated heterocycles. The van der Waals surface area contributed by atoms with Crippen molar-refractivity contribution in [2.45, 2.75) is 39.2 Å². The molecule has 2 rings (SSSR count). The van der Waals surface area contributed by atoms with Gasteiger partial charge in [0.15, 0.2) is 0 Å². The molecule has 1 aliphatic carbocycles. The summed E-state index contributed by atoms with van der Waals surface area (Å²) in [5, 5.41) is 3.34. The monoisotopic (exact) mass is 280 g/mol. The first-order valence-electron chi connectivity index (χ1n) is 6.85. The highest BCUT2D eigenvalue weighted by atomic mass is 32.1. The van der Waals surface area contributed by atoms with Gasteiger partial charge < -0.3 is 11.1 Å². The van der Waals surface area contributed by atoms with Crippen molar-refractivity contribution in [3.63, 3.8) is 0 Å². The molecule has 3 N–H and O–H groups in total. The Morgan fingerprint density at radius 2 is 2.11 bits per heavy atom. The molecule has 0 amide bonds. The quantitative estimate of drug-likeness (QED) is 0.829. The third-order valence-corrected chi connectivity index (χ3v) is 4.54. The summed E-state index contributed by atoms with van der Waals surface area (Å²) >= 11 is 4.85. The van der Waals surface area contributed by atoms with Crippen molar-refractivity contribution in [1.82, 2.24) is 0 Å². The fraction of sp³-hybridized carbons (Fsp3) is 0.533. The molecular formula is C15H21FN2S. The zero-order valence-electron chi connectivity index (χ0n) is 11.4. The fourth-order valence-corrected chi connectivity index (χ4v) is 2.90. The number of thiocarbonyl (C=S) groups is 1. The van der Waals surface area contributed by atoms with Gasteiger partial charge in [0.25, 0.3) is 0 Å². The van der Waals surface area contributed by atoms with Crippen LogP contribution in [0.4, 0.5) is 10.1 Å². The van der Waals surface area contributed by atoms with Crippen molar-refractivity contribution in [2.24, 2.45) is 17.6 Å². The molecule has 1 aliphatic rings. The van der Waals surface area contributed by atoms with Crippen LogP contribution >= 0.6 is 12.2 Å². The summed E-state index contributed by atoms with van der Waals surface area (Å²) in [6.07, 6.45) is 3.57. The van der Waals surface area contributed by atoms with Crippen LogP contribution in [-0.4, -0.2) is 11.0 Å². The number of nitrogens with one attached hydrogen (secondary N) is 1.